The molecule has 5 aliphatic rings. The minimum atomic E-state index is -0.552. The molecule has 5 rings (SSSR count). The number of hydrogen-bond acceptors (Lipinski definition) is 5. The molecule has 4 aliphatic heterocycles. The Morgan fingerprint density at radius 3 is 2.93 bits per heavy atom. The Balaban J connectivity index is 1.84. The average Bonchev–Trinajstić information content (AvgIpc) is 2.68. The summed E-state index contributed by atoms with van der Waals surface area (Å²) >= 11 is 0. The zero-order chi connectivity index (χ0) is 10.2. The first-order valence-corrected chi connectivity index (χ1v) is 5.12. The van der Waals surface area contributed by atoms with Crippen molar-refractivity contribution in [3.05, 3.63) is 11.6 Å². The predicted octanol–water partition coefficient (Wildman–Crippen LogP) is -0.595. The zero-order valence-electron chi connectivity index (χ0n) is 7.83. The lowest BCUT2D eigenvalue weighted by molar-refractivity contribution is -0.301. The van der Waals surface area contributed by atoms with Gasteiger partial charge in [0.2, 0.25) is 6.29 Å². The number of esters is 1. The standard InChI is InChI=1S/C10H10O5/c11-2-3-1-4-6-5(3)9-14-8(12)7(6)10(13-4)15-9/h1,4-7,9-11H,2H2/t4-,5+,6-,7-,9+,10+/m0/s1. The first kappa shape index (κ1) is 8.27. The fraction of sp³-hybridized carbons (Fsp3) is 0.700. The van der Waals surface area contributed by atoms with Crippen LogP contribution in [0.2, 0.25) is 0 Å². The zero-order valence-corrected chi connectivity index (χ0v) is 7.83. The number of aliphatic hydroxyl groups is 1. The largest absolute Gasteiger partial charge is 0.435 e. The molecule has 4 fully saturated rings. The van der Waals surface area contributed by atoms with Crippen LogP contribution in [0, 0.1) is 17.8 Å². The van der Waals surface area contributed by atoms with Crippen LogP contribution in [0.15, 0.2) is 11.6 Å². The SMILES string of the molecule is O=C1O[C@@H]2O[C@H]3O[C@H]4C=C(CO)[C@@H]2[C@H]4[C@@H]13. The third kappa shape index (κ3) is 0.792. The molecule has 4 saturated heterocycles. The lowest BCUT2D eigenvalue weighted by Gasteiger charge is -2.43. The summed E-state index contributed by atoms with van der Waals surface area (Å²) in [5.74, 6) is -0.392. The second-order valence-electron chi connectivity index (χ2n) is 4.44. The Labute approximate surface area is 85.6 Å². The maximum absolute atomic E-state index is 11.6. The fourth-order valence-corrected chi connectivity index (χ4v) is 3.27. The van der Waals surface area contributed by atoms with Gasteiger partial charge in [-0.25, -0.2) is 0 Å². The van der Waals surface area contributed by atoms with E-state index in [-0.39, 0.29) is 36.4 Å². The van der Waals surface area contributed by atoms with E-state index in [1.165, 1.54) is 0 Å². The number of carbonyl (C=O) groups excluding carboxylic acids is 1. The van der Waals surface area contributed by atoms with Gasteiger partial charge in [-0.15, -0.1) is 0 Å². The van der Waals surface area contributed by atoms with Gasteiger partial charge in [-0.3, -0.25) is 4.79 Å². The molecule has 6 atom stereocenters. The summed E-state index contributed by atoms with van der Waals surface area (Å²) in [4.78, 5) is 11.6. The molecule has 1 N–H and O–H groups in total. The van der Waals surface area contributed by atoms with Crippen molar-refractivity contribution in [2.75, 3.05) is 6.61 Å². The first-order valence-electron chi connectivity index (χ1n) is 5.12. The van der Waals surface area contributed by atoms with Gasteiger partial charge < -0.3 is 19.3 Å². The van der Waals surface area contributed by atoms with Crippen molar-refractivity contribution in [3.63, 3.8) is 0 Å². The fourth-order valence-electron chi connectivity index (χ4n) is 3.27. The minimum Gasteiger partial charge on any atom is -0.435 e. The maximum atomic E-state index is 11.6. The van der Waals surface area contributed by atoms with E-state index < -0.39 is 12.6 Å². The second kappa shape index (κ2) is 2.42. The summed E-state index contributed by atoms with van der Waals surface area (Å²) in [6.07, 6.45) is 0.854. The van der Waals surface area contributed by atoms with Gasteiger partial charge in [0.15, 0.2) is 6.29 Å². The number of ether oxygens (including phenoxy) is 3. The van der Waals surface area contributed by atoms with Crippen molar-refractivity contribution in [2.45, 2.75) is 18.7 Å². The van der Waals surface area contributed by atoms with Crippen LogP contribution in [-0.2, 0) is 19.0 Å². The van der Waals surface area contributed by atoms with Crippen molar-refractivity contribution in [2.24, 2.45) is 17.8 Å². The summed E-state index contributed by atoms with van der Waals surface area (Å²) in [5.41, 5.74) is 0.880. The number of aliphatic hydroxyl groups excluding tert-OH is 1. The minimum absolute atomic E-state index is 0.00134. The van der Waals surface area contributed by atoms with Crippen LogP contribution in [0.3, 0.4) is 0 Å². The number of rotatable bonds is 1. The van der Waals surface area contributed by atoms with E-state index >= 15 is 0 Å². The van der Waals surface area contributed by atoms with Gasteiger partial charge in [0.1, 0.15) is 5.92 Å². The third-order valence-electron chi connectivity index (χ3n) is 3.85. The lowest BCUT2D eigenvalue weighted by Crippen LogP contribution is -2.55. The van der Waals surface area contributed by atoms with E-state index in [1.54, 1.807) is 0 Å². The molecule has 0 unspecified atom stereocenters. The molecule has 5 nitrogen and oxygen atoms in total. The van der Waals surface area contributed by atoms with E-state index in [0.717, 1.165) is 5.57 Å². The monoisotopic (exact) mass is 210 g/mol. The highest BCUT2D eigenvalue weighted by atomic mass is 16.8. The van der Waals surface area contributed by atoms with Crippen molar-refractivity contribution in [1.82, 2.24) is 0 Å². The van der Waals surface area contributed by atoms with Crippen molar-refractivity contribution < 1.29 is 24.1 Å². The summed E-state index contributed by atoms with van der Waals surface area (Å²) in [5, 5.41) is 9.21. The van der Waals surface area contributed by atoms with Crippen LogP contribution in [0.5, 0.6) is 0 Å². The van der Waals surface area contributed by atoms with Gasteiger partial charge >= 0.3 is 5.97 Å². The van der Waals surface area contributed by atoms with Crippen LogP contribution in [0.1, 0.15) is 0 Å². The topological polar surface area (TPSA) is 65.0 Å². The molecule has 0 aromatic heterocycles. The molecular weight excluding hydrogens is 200 g/mol. The maximum Gasteiger partial charge on any atom is 0.316 e. The highest BCUT2D eigenvalue weighted by Crippen LogP contribution is 2.56. The van der Waals surface area contributed by atoms with Crippen molar-refractivity contribution in [1.29, 1.82) is 0 Å². The molecule has 0 saturated carbocycles. The number of carbonyl (C=O) groups is 1. The van der Waals surface area contributed by atoms with Gasteiger partial charge in [-0.2, -0.15) is 0 Å². The van der Waals surface area contributed by atoms with Gasteiger partial charge in [-0.1, -0.05) is 6.08 Å². The van der Waals surface area contributed by atoms with Gasteiger partial charge in [-0.05, 0) is 5.57 Å². The first-order chi connectivity index (χ1) is 7.29. The van der Waals surface area contributed by atoms with Crippen LogP contribution in [-0.4, -0.2) is 36.4 Å². The summed E-state index contributed by atoms with van der Waals surface area (Å²) < 4.78 is 16.2. The smallest absolute Gasteiger partial charge is 0.316 e. The molecular formula is C10H10O5. The van der Waals surface area contributed by atoms with E-state index in [4.69, 9.17) is 14.2 Å². The second-order valence-corrected chi connectivity index (χ2v) is 4.44. The molecule has 0 radical (unpaired) electrons. The van der Waals surface area contributed by atoms with Crippen molar-refractivity contribution in [3.8, 4) is 0 Å². The Bertz CT molecular complexity index is 376. The molecule has 80 valence electrons. The molecule has 0 aromatic carbocycles. The lowest BCUT2D eigenvalue weighted by atomic mass is 9.77. The molecule has 0 amide bonds. The van der Waals surface area contributed by atoms with E-state index in [2.05, 4.69) is 0 Å². The van der Waals surface area contributed by atoms with Crippen molar-refractivity contribution >= 4 is 5.97 Å². The van der Waals surface area contributed by atoms with Gasteiger partial charge in [0.25, 0.3) is 0 Å². The molecule has 4 bridgehead atoms. The molecule has 0 aromatic rings. The van der Waals surface area contributed by atoms with Crippen LogP contribution < -0.4 is 0 Å². The van der Waals surface area contributed by atoms with Gasteiger partial charge in [0, 0.05) is 5.92 Å². The quantitative estimate of drug-likeness (QED) is 0.462. The molecule has 4 heterocycles. The Hall–Kier alpha value is -0.910. The van der Waals surface area contributed by atoms with E-state index in [0.29, 0.717) is 0 Å². The molecule has 1 aliphatic carbocycles. The normalized spacial score (nSPS) is 54.5. The highest BCUT2D eigenvalue weighted by Gasteiger charge is 2.66. The van der Waals surface area contributed by atoms with Gasteiger partial charge in [0.05, 0.1) is 18.6 Å². The van der Waals surface area contributed by atoms with E-state index in [1.807, 2.05) is 6.08 Å². The summed E-state index contributed by atoms with van der Waals surface area (Å²) in [7, 11) is 0. The highest BCUT2D eigenvalue weighted by molar-refractivity contribution is 5.76. The molecule has 5 heteroatoms. The Morgan fingerprint density at radius 2 is 2.13 bits per heavy atom. The number of hydrogen-bond donors (Lipinski definition) is 1. The average molecular weight is 210 g/mol. The number of fused-ring (bicyclic) bond motifs is 1. The summed E-state index contributed by atoms with van der Waals surface area (Å²) in [6, 6.07) is 0. The van der Waals surface area contributed by atoms with Crippen LogP contribution in [0.4, 0.5) is 0 Å². The molecule has 15 heavy (non-hydrogen) atoms. The predicted molar refractivity (Wildman–Crippen MR) is 45.3 cm³/mol. The van der Waals surface area contributed by atoms with Crippen LogP contribution in [0.25, 0.3) is 0 Å². The Kier molecular flexibility index (Phi) is 1.34. The third-order valence-corrected chi connectivity index (χ3v) is 3.85. The molecule has 0 spiro atoms. The van der Waals surface area contributed by atoms with Crippen LogP contribution >= 0.6 is 0 Å². The Morgan fingerprint density at radius 1 is 1.27 bits per heavy atom. The summed E-state index contributed by atoms with van der Waals surface area (Å²) in [6.45, 7) is -0.0180. The van der Waals surface area contributed by atoms with E-state index in [9.17, 15) is 9.90 Å².